The van der Waals surface area contributed by atoms with Crippen LogP contribution >= 0.6 is 11.3 Å². The van der Waals surface area contributed by atoms with Gasteiger partial charge in [0.25, 0.3) is 0 Å². The van der Waals surface area contributed by atoms with Crippen molar-refractivity contribution in [2.75, 3.05) is 0 Å². The minimum atomic E-state index is 0.102. The Morgan fingerprint density at radius 2 is 2.44 bits per heavy atom. The molecule has 1 saturated carbocycles. The minimum Gasteiger partial charge on any atom is -0.350 e. The van der Waals surface area contributed by atoms with E-state index in [1.807, 2.05) is 6.20 Å². The number of nitrogens with one attached hydrogen (secondary N) is 1. The van der Waals surface area contributed by atoms with E-state index in [4.69, 9.17) is 5.73 Å². The SMILES string of the molecule is CCc1cnc(CNC(=O)C[C@@H]2CCC[C@H]2N)s1. The molecule has 3 N–H and O–H groups in total. The van der Waals surface area contributed by atoms with Crippen molar-refractivity contribution in [2.24, 2.45) is 11.7 Å². The molecule has 1 aromatic rings. The predicted molar refractivity (Wildman–Crippen MR) is 73.3 cm³/mol. The lowest BCUT2D eigenvalue weighted by Crippen LogP contribution is -2.31. The molecule has 0 aliphatic heterocycles. The lowest BCUT2D eigenvalue weighted by atomic mass is 10.00. The Labute approximate surface area is 112 Å². The largest absolute Gasteiger partial charge is 0.350 e. The number of rotatable bonds is 5. The molecule has 2 atom stereocenters. The third-order valence-electron chi connectivity index (χ3n) is 3.55. The van der Waals surface area contributed by atoms with Crippen molar-refractivity contribution in [3.8, 4) is 0 Å². The summed E-state index contributed by atoms with van der Waals surface area (Å²) in [5, 5.41) is 3.92. The standard InChI is InChI=1S/C13H21N3OS/c1-2-10-7-16-13(18-10)8-15-12(17)6-9-4-3-5-11(9)14/h7,9,11H,2-6,8,14H2,1H3,(H,15,17)/t9-,11+/m0/s1. The molecule has 100 valence electrons. The van der Waals surface area contributed by atoms with E-state index in [9.17, 15) is 4.79 Å². The van der Waals surface area contributed by atoms with Gasteiger partial charge in [0.15, 0.2) is 0 Å². The normalized spacial score (nSPS) is 23.2. The van der Waals surface area contributed by atoms with Crippen molar-refractivity contribution in [2.45, 2.75) is 51.6 Å². The average Bonchev–Trinajstić information content (AvgIpc) is 2.97. The van der Waals surface area contributed by atoms with Gasteiger partial charge in [-0.15, -0.1) is 11.3 Å². The van der Waals surface area contributed by atoms with E-state index >= 15 is 0 Å². The van der Waals surface area contributed by atoms with Crippen LogP contribution in [-0.4, -0.2) is 16.9 Å². The van der Waals surface area contributed by atoms with Gasteiger partial charge in [-0.05, 0) is 25.2 Å². The molecule has 0 unspecified atom stereocenters. The van der Waals surface area contributed by atoms with Gasteiger partial charge in [0.2, 0.25) is 5.91 Å². The first-order chi connectivity index (χ1) is 8.69. The van der Waals surface area contributed by atoms with Gasteiger partial charge in [-0.3, -0.25) is 4.79 Å². The number of thiazole rings is 1. The summed E-state index contributed by atoms with van der Waals surface area (Å²) in [4.78, 5) is 17.4. The van der Waals surface area contributed by atoms with Gasteiger partial charge in [-0.25, -0.2) is 4.98 Å². The van der Waals surface area contributed by atoms with Gasteiger partial charge in [-0.2, -0.15) is 0 Å². The lowest BCUT2D eigenvalue weighted by Gasteiger charge is -2.14. The van der Waals surface area contributed by atoms with Crippen molar-refractivity contribution in [1.82, 2.24) is 10.3 Å². The quantitative estimate of drug-likeness (QED) is 0.855. The van der Waals surface area contributed by atoms with Crippen LogP contribution < -0.4 is 11.1 Å². The van der Waals surface area contributed by atoms with Crippen LogP contribution in [0.1, 0.15) is 42.5 Å². The second-order valence-electron chi connectivity index (χ2n) is 4.91. The molecule has 1 aliphatic carbocycles. The van der Waals surface area contributed by atoms with E-state index in [-0.39, 0.29) is 11.9 Å². The van der Waals surface area contributed by atoms with E-state index in [1.165, 1.54) is 4.88 Å². The van der Waals surface area contributed by atoms with Crippen molar-refractivity contribution in [3.63, 3.8) is 0 Å². The van der Waals surface area contributed by atoms with E-state index in [0.717, 1.165) is 30.7 Å². The third kappa shape index (κ3) is 3.53. The molecule has 5 heteroatoms. The predicted octanol–water partition coefficient (Wildman–Crippen LogP) is 1.84. The molecule has 18 heavy (non-hydrogen) atoms. The molecular formula is C13H21N3OS. The maximum Gasteiger partial charge on any atom is 0.220 e. The fourth-order valence-corrected chi connectivity index (χ4v) is 3.20. The number of nitrogens with two attached hydrogens (primary N) is 1. The Bertz CT molecular complexity index is 405. The molecule has 0 saturated heterocycles. The number of nitrogens with zero attached hydrogens (tertiary/aromatic N) is 1. The first-order valence-electron chi connectivity index (χ1n) is 6.65. The average molecular weight is 267 g/mol. The molecule has 0 bridgehead atoms. The zero-order valence-corrected chi connectivity index (χ0v) is 11.6. The second kappa shape index (κ2) is 6.29. The molecule has 0 aromatic carbocycles. The number of aryl methyl sites for hydroxylation is 1. The molecule has 1 heterocycles. The molecule has 0 spiro atoms. The minimum absolute atomic E-state index is 0.102. The van der Waals surface area contributed by atoms with E-state index in [2.05, 4.69) is 17.2 Å². The van der Waals surface area contributed by atoms with Crippen LogP contribution in [0.5, 0.6) is 0 Å². The smallest absolute Gasteiger partial charge is 0.220 e. The highest BCUT2D eigenvalue weighted by molar-refractivity contribution is 7.11. The highest BCUT2D eigenvalue weighted by atomic mass is 32.1. The van der Waals surface area contributed by atoms with Crippen molar-refractivity contribution >= 4 is 17.2 Å². The van der Waals surface area contributed by atoms with Crippen LogP contribution in [-0.2, 0) is 17.8 Å². The van der Waals surface area contributed by atoms with E-state index < -0.39 is 0 Å². The van der Waals surface area contributed by atoms with Crippen LogP contribution in [0, 0.1) is 5.92 Å². The number of amides is 1. The summed E-state index contributed by atoms with van der Waals surface area (Å²) in [7, 11) is 0. The molecule has 1 aliphatic rings. The van der Waals surface area contributed by atoms with Gasteiger partial charge in [0.05, 0.1) is 6.54 Å². The Balaban J connectivity index is 1.74. The summed E-state index contributed by atoms with van der Waals surface area (Å²) in [5.74, 6) is 0.470. The van der Waals surface area contributed by atoms with Crippen LogP contribution in [0.25, 0.3) is 0 Å². The molecule has 4 nitrogen and oxygen atoms in total. The van der Waals surface area contributed by atoms with E-state index in [0.29, 0.717) is 18.9 Å². The van der Waals surface area contributed by atoms with Crippen molar-refractivity contribution in [1.29, 1.82) is 0 Å². The highest BCUT2D eigenvalue weighted by Gasteiger charge is 2.25. The Morgan fingerprint density at radius 1 is 1.61 bits per heavy atom. The number of hydrogen-bond acceptors (Lipinski definition) is 4. The summed E-state index contributed by atoms with van der Waals surface area (Å²) in [6.07, 6.45) is 6.76. The summed E-state index contributed by atoms with van der Waals surface area (Å²) < 4.78 is 0. The Kier molecular flexibility index (Phi) is 4.72. The third-order valence-corrected chi connectivity index (χ3v) is 4.69. The fraction of sp³-hybridized carbons (Fsp3) is 0.692. The topological polar surface area (TPSA) is 68.0 Å². The van der Waals surface area contributed by atoms with Gasteiger partial charge in [-0.1, -0.05) is 13.3 Å². The zero-order chi connectivity index (χ0) is 13.0. The fourth-order valence-electron chi connectivity index (χ4n) is 2.40. The number of aromatic nitrogens is 1. The first-order valence-corrected chi connectivity index (χ1v) is 7.46. The van der Waals surface area contributed by atoms with Crippen molar-refractivity contribution < 1.29 is 4.79 Å². The van der Waals surface area contributed by atoms with Gasteiger partial charge in [0, 0.05) is 23.5 Å². The molecular weight excluding hydrogens is 246 g/mol. The maximum absolute atomic E-state index is 11.8. The first kappa shape index (κ1) is 13.5. The van der Waals surface area contributed by atoms with Crippen LogP contribution in [0.2, 0.25) is 0 Å². The summed E-state index contributed by atoms with van der Waals surface area (Å²) in [5.41, 5.74) is 5.97. The zero-order valence-electron chi connectivity index (χ0n) is 10.8. The number of carbonyl (C=O) groups excluding carboxylic acids is 1. The van der Waals surface area contributed by atoms with Gasteiger partial charge in [0.1, 0.15) is 5.01 Å². The van der Waals surface area contributed by atoms with Crippen LogP contribution in [0.15, 0.2) is 6.20 Å². The molecule has 1 aromatic heterocycles. The summed E-state index contributed by atoms with van der Waals surface area (Å²) >= 11 is 1.67. The second-order valence-corrected chi connectivity index (χ2v) is 6.11. The van der Waals surface area contributed by atoms with E-state index in [1.54, 1.807) is 11.3 Å². The summed E-state index contributed by atoms with van der Waals surface area (Å²) in [6.45, 7) is 2.66. The van der Waals surface area contributed by atoms with Crippen molar-refractivity contribution in [3.05, 3.63) is 16.1 Å². The highest BCUT2D eigenvalue weighted by Crippen LogP contribution is 2.26. The lowest BCUT2D eigenvalue weighted by molar-refractivity contribution is -0.122. The summed E-state index contributed by atoms with van der Waals surface area (Å²) in [6, 6.07) is 0.210. The molecule has 1 amide bonds. The maximum atomic E-state index is 11.8. The molecule has 1 fully saturated rings. The monoisotopic (exact) mass is 267 g/mol. The van der Waals surface area contributed by atoms with Gasteiger partial charge < -0.3 is 11.1 Å². The number of carbonyl (C=O) groups is 1. The van der Waals surface area contributed by atoms with Gasteiger partial charge >= 0.3 is 0 Å². The molecule has 0 radical (unpaired) electrons. The van der Waals surface area contributed by atoms with Crippen LogP contribution in [0.3, 0.4) is 0 Å². The molecule has 2 rings (SSSR count). The Hall–Kier alpha value is -0.940. The van der Waals surface area contributed by atoms with Crippen LogP contribution in [0.4, 0.5) is 0 Å². The number of hydrogen-bond donors (Lipinski definition) is 2. The Morgan fingerprint density at radius 3 is 3.06 bits per heavy atom.